The van der Waals surface area contributed by atoms with Crippen molar-refractivity contribution in [3.63, 3.8) is 0 Å². The van der Waals surface area contributed by atoms with Gasteiger partial charge in [-0.15, -0.1) is 24.8 Å². The minimum atomic E-state index is -0.468. The van der Waals surface area contributed by atoms with Gasteiger partial charge in [0.15, 0.2) is 0 Å². The van der Waals surface area contributed by atoms with Crippen LogP contribution in [-0.2, 0) is 0 Å². The van der Waals surface area contributed by atoms with Crippen molar-refractivity contribution in [3.05, 3.63) is 29.8 Å². The third kappa shape index (κ3) is 4.33. The lowest BCUT2D eigenvalue weighted by Crippen LogP contribution is -2.29. The van der Waals surface area contributed by atoms with Crippen LogP contribution >= 0.6 is 24.8 Å². The van der Waals surface area contributed by atoms with Gasteiger partial charge in [-0.3, -0.25) is 4.79 Å². The summed E-state index contributed by atoms with van der Waals surface area (Å²) in [7, 11) is 0. The van der Waals surface area contributed by atoms with Crippen LogP contribution in [-0.4, -0.2) is 28.5 Å². The number of carbonyl (C=O) groups excluding carboxylic acids is 1. The molecule has 0 aliphatic carbocycles. The smallest absolute Gasteiger partial charge is 0.253 e. The monoisotopic (exact) mass is 322 g/mol. The molecule has 0 bridgehead atoms. The van der Waals surface area contributed by atoms with Crippen LogP contribution in [0.4, 0.5) is 4.39 Å². The van der Waals surface area contributed by atoms with Gasteiger partial charge in [-0.05, 0) is 25.5 Å². The van der Waals surface area contributed by atoms with Crippen LogP contribution in [0.1, 0.15) is 23.7 Å². The van der Waals surface area contributed by atoms with Gasteiger partial charge in [0.1, 0.15) is 11.3 Å². The van der Waals surface area contributed by atoms with Gasteiger partial charge in [-0.2, -0.15) is 0 Å². The summed E-state index contributed by atoms with van der Waals surface area (Å²) in [5.74, 6) is -0.809. The Morgan fingerprint density at radius 2 is 2.20 bits per heavy atom. The fourth-order valence-corrected chi connectivity index (χ4v) is 1.70. The Labute approximate surface area is 128 Å². The highest BCUT2D eigenvalue weighted by Crippen LogP contribution is 2.17. The number of carbonyl (C=O) groups is 1. The molecule has 112 valence electrons. The maximum absolute atomic E-state index is 13.3. The zero-order chi connectivity index (χ0) is 13.1. The lowest BCUT2D eigenvalue weighted by molar-refractivity contribution is 0.0954. The molecule has 8 heteroatoms. The Kier molecular flexibility index (Phi) is 7.49. The maximum Gasteiger partial charge on any atom is 0.253 e. The summed E-state index contributed by atoms with van der Waals surface area (Å²) in [6.45, 7) is 2.32. The first-order valence-electron chi connectivity index (χ1n) is 5.74. The van der Waals surface area contributed by atoms with Crippen molar-refractivity contribution in [1.29, 1.82) is 0 Å². The fraction of sp³-hybridized carbons (Fsp3) is 0.333. The third-order valence-electron chi connectivity index (χ3n) is 2.62. The van der Waals surface area contributed by atoms with Gasteiger partial charge >= 0.3 is 0 Å². The maximum atomic E-state index is 13.3. The van der Waals surface area contributed by atoms with Crippen molar-refractivity contribution >= 4 is 41.8 Å². The molecule has 2 aromatic rings. The molecule has 0 saturated carbocycles. The number of halogens is 3. The predicted molar refractivity (Wildman–Crippen MR) is 81.1 cm³/mol. The van der Waals surface area contributed by atoms with E-state index in [0.717, 1.165) is 0 Å². The van der Waals surface area contributed by atoms with Crippen molar-refractivity contribution in [2.24, 2.45) is 5.73 Å². The number of nitrogens with one attached hydrogen (secondary N) is 2. The van der Waals surface area contributed by atoms with Crippen LogP contribution in [0.2, 0.25) is 0 Å². The van der Waals surface area contributed by atoms with E-state index in [4.69, 9.17) is 5.73 Å². The van der Waals surface area contributed by atoms with Crippen molar-refractivity contribution in [2.75, 3.05) is 6.54 Å². The van der Waals surface area contributed by atoms with E-state index in [2.05, 4.69) is 15.3 Å². The van der Waals surface area contributed by atoms with Gasteiger partial charge in [-0.1, -0.05) is 0 Å². The molecule has 0 spiro atoms. The number of amides is 1. The largest absolute Gasteiger partial charge is 0.352 e. The minimum Gasteiger partial charge on any atom is -0.352 e. The van der Waals surface area contributed by atoms with Gasteiger partial charge in [-0.25, -0.2) is 9.37 Å². The molecular formula is C12H17Cl2FN4O. The molecule has 5 nitrogen and oxygen atoms in total. The number of aromatic nitrogens is 2. The molecular weight excluding hydrogens is 306 g/mol. The highest BCUT2D eigenvalue weighted by atomic mass is 35.5. The van der Waals surface area contributed by atoms with E-state index < -0.39 is 5.82 Å². The number of rotatable bonds is 4. The Balaban J connectivity index is 0.00000180. The number of nitrogens with two attached hydrogens (primary N) is 1. The highest BCUT2D eigenvalue weighted by Gasteiger charge is 2.13. The quantitative estimate of drug-likeness (QED) is 0.805. The number of H-pyrrole nitrogens is 1. The molecule has 1 unspecified atom stereocenters. The van der Waals surface area contributed by atoms with Gasteiger partial charge in [0, 0.05) is 12.6 Å². The van der Waals surface area contributed by atoms with E-state index in [1.54, 1.807) is 0 Å². The van der Waals surface area contributed by atoms with Crippen molar-refractivity contribution in [2.45, 2.75) is 19.4 Å². The van der Waals surface area contributed by atoms with E-state index in [1.807, 2.05) is 6.92 Å². The average molecular weight is 323 g/mol. The summed E-state index contributed by atoms with van der Waals surface area (Å²) in [4.78, 5) is 18.7. The van der Waals surface area contributed by atoms with Crippen molar-refractivity contribution in [1.82, 2.24) is 15.3 Å². The number of hydrogen-bond donors (Lipinski definition) is 3. The Morgan fingerprint density at radius 1 is 1.50 bits per heavy atom. The zero-order valence-electron chi connectivity index (χ0n) is 10.9. The molecule has 0 saturated heterocycles. The first-order chi connectivity index (χ1) is 8.58. The predicted octanol–water partition coefficient (Wildman–Crippen LogP) is 2.01. The molecule has 0 aliphatic heterocycles. The first-order valence-corrected chi connectivity index (χ1v) is 5.74. The number of hydrogen-bond acceptors (Lipinski definition) is 3. The standard InChI is InChI=1S/C12H15FN4O.2ClH/c1-7(14)2-3-15-12(18)9-4-8(13)5-10-11(9)17-6-16-10;;/h4-7H,2-3,14H2,1H3,(H,15,18)(H,16,17);2*1H. The van der Waals surface area contributed by atoms with E-state index in [1.165, 1.54) is 18.5 Å². The van der Waals surface area contributed by atoms with E-state index in [-0.39, 0.29) is 42.3 Å². The first kappa shape index (κ1) is 18.6. The topological polar surface area (TPSA) is 83.8 Å². The van der Waals surface area contributed by atoms with Crippen LogP contribution in [0, 0.1) is 5.82 Å². The highest BCUT2D eigenvalue weighted by molar-refractivity contribution is 6.04. The molecule has 1 aromatic carbocycles. The number of benzene rings is 1. The molecule has 1 aromatic heterocycles. The van der Waals surface area contributed by atoms with E-state index >= 15 is 0 Å². The number of imidazole rings is 1. The second kappa shape index (κ2) is 8.04. The van der Waals surface area contributed by atoms with Crippen molar-refractivity contribution < 1.29 is 9.18 Å². The summed E-state index contributed by atoms with van der Waals surface area (Å²) < 4.78 is 13.3. The molecule has 1 heterocycles. The summed E-state index contributed by atoms with van der Waals surface area (Å²) >= 11 is 0. The third-order valence-corrected chi connectivity index (χ3v) is 2.62. The molecule has 0 aliphatic rings. The van der Waals surface area contributed by atoms with Crippen LogP contribution in [0.5, 0.6) is 0 Å². The van der Waals surface area contributed by atoms with E-state index in [0.29, 0.717) is 24.0 Å². The van der Waals surface area contributed by atoms with Crippen LogP contribution in [0.15, 0.2) is 18.5 Å². The minimum absolute atomic E-state index is 0. The van der Waals surface area contributed by atoms with Crippen LogP contribution < -0.4 is 11.1 Å². The lowest BCUT2D eigenvalue weighted by atomic mass is 10.1. The number of aromatic amines is 1. The van der Waals surface area contributed by atoms with Crippen LogP contribution in [0.3, 0.4) is 0 Å². The number of nitrogens with zero attached hydrogens (tertiary/aromatic N) is 1. The second-order valence-corrected chi connectivity index (χ2v) is 4.27. The molecule has 4 N–H and O–H groups in total. The SMILES string of the molecule is CC(N)CCNC(=O)c1cc(F)cc2[nH]cnc12.Cl.Cl. The molecule has 20 heavy (non-hydrogen) atoms. The van der Waals surface area contributed by atoms with Gasteiger partial charge in [0.2, 0.25) is 0 Å². The summed E-state index contributed by atoms with van der Waals surface area (Å²) in [5, 5.41) is 2.70. The molecule has 0 fully saturated rings. The Hall–Kier alpha value is -1.37. The summed E-state index contributed by atoms with van der Waals surface area (Å²) in [5.41, 5.74) is 6.79. The van der Waals surface area contributed by atoms with Crippen molar-refractivity contribution in [3.8, 4) is 0 Å². The Morgan fingerprint density at radius 3 is 2.85 bits per heavy atom. The normalized spacial score (nSPS) is 11.3. The second-order valence-electron chi connectivity index (χ2n) is 4.27. The average Bonchev–Trinajstić information content (AvgIpc) is 2.74. The molecule has 2 rings (SSSR count). The fourth-order valence-electron chi connectivity index (χ4n) is 1.70. The number of fused-ring (bicyclic) bond motifs is 1. The Bertz CT molecular complexity index is 574. The van der Waals surface area contributed by atoms with E-state index in [9.17, 15) is 9.18 Å². The van der Waals surface area contributed by atoms with Crippen LogP contribution in [0.25, 0.3) is 11.0 Å². The van der Waals surface area contributed by atoms with Gasteiger partial charge < -0.3 is 16.0 Å². The zero-order valence-corrected chi connectivity index (χ0v) is 12.5. The summed E-state index contributed by atoms with van der Waals surface area (Å²) in [6.07, 6.45) is 2.10. The molecule has 1 atom stereocenters. The van der Waals surface area contributed by atoms with Gasteiger partial charge in [0.25, 0.3) is 5.91 Å². The summed E-state index contributed by atoms with van der Waals surface area (Å²) in [6, 6.07) is 2.51. The molecule has 1 amide bonds. The molecule has 0 radical (unpaired) electrons. The lowest BCUT2D eigenvalue weighted by Gasteiger charge is -2.07. The van der Waals surface area contributed by atoms with Gasteiger partial charge in [0.05, 0.1) is 17.4 Å².